The minimum Gasteiger partial charge on any atom is -0.494 e. The van der Waals surface area contributed by atoms with E-state index < -0.39 is 0 Å². The van der Waals surface area contributed by atoms with E-state index in [2.05, 4.69) is 12.2 Å². The maximum Gasteiger partial charge on any atom is 0.123 e. The third-order valence-corrected chi connectivity index (χ3v) is 3.25. The number of rotatable bonds is 5. The quantitative estimate of drug-likeness (QED) is 0.852. The maximum absolute atomic E-state index is 12.9. The van der Waals surface area contributed by atoms with Gasteiger partial charge in [-0.05, 0) is 62.2 Å². The van der Waals surface area contributed by atoms with Crippen molar-refractivity contribution in [2.45, 2.75) is 26.8 Å². The van der Waals surface area contributed by atoms with Crippen LogP contribution in [-0.2, 0) is 0 Å². The lowest BCUT2D eigenvalue weighted by Crippen LogP contribution is -2.07. The van der Waals surface area contributed by atoms with E-state index in [1.165, 1.54) is 12.1 Å². The number of anilines is 1. The first-order chi connectivity index (χ1) is 9.60. The van der Waals surface area contributed by atoms with Gasteiger partial charge in [0.15, 0.2) is 0 Å². The van der Waals surface area contributed by atoms with Crippen LogP contribution in [0.15, 0.2) is 42.5 Å². The lowest BCUT2D eigenvalue weighted by Gasteiger charge is -2.18. The second-order valence-electron chi connectivity index (χ2n) is 4.83. The standard InChI is InChI=1S/C17H20FNO/c1-4-20-16-9-10-17(12(2)11-16)19-13(3)14-5-7-15(18)8-6-14/h5-11,13,19H,4H2,1-3H3. The Morgan fingerprint density at radius 2 is 1.85 bits per heavy atom. The minimum atomic E-state index is -0.210. The zero-order chi connectivity index (χ0) is 14.5. The number of aryl methyl sites for hydroxylation is 1. The van der Waals surface area contributed by atoms with Crippen molar-refractivity contribution in [3.8, 4) is 5.75 Å². The number of ether oxygens (including phenoxy) is 1. The fourth-order valence-electron chi connectivity index (χ4n) is 2.12. The Balaban J connectivity index is 2.11. The molecule has 0 aliphatic carbocycles. The monoisotopic (exact) mass is 273 g/mol. The molecule has 0 aromatic heterocycles. The molecule has 2 rings (SSSR count). The molecule has 0 radical (unpaired) electrons. The molecule has 1 unspecified atom stereocenters. The van der Waals surface area contributed by atoms with Crippen molar-refractivity contribution in [2.75, 3.05) is 11.9 Å². The highest BCUT2D eigenvalue weighted by Crippen LogP contribution is 2.25. The highest BCUT2D eigenvalue weighted by molar-refractivity contribution is 5.54. The first-order valence-corrected chi connectivity index (χ1v) is 6.85. The fraction of sp³-hybridized carbons (Fsp3) is 0.294. The Kier molecular flexibility index (Phi) is 4.61. The summed E-state index contributed by atoms with van der Waals surface area (Å²) in [7, 11) is 0. The SMILES string of the molecule is CCOc1ccc(NC(C)c2ccc(F)cc2)c(C)c1. The second kappa shape index (κ2) is 6.42. The van der Waals surface area contributed by atoms with Crippen LogP contribution in [0.25, 0.3) is 0 Å². The molecule has 2 nitrogen and oxygen atoms in total. The molecule has 20 heavy (non-hydrogen) atoms. The van der Waals surface area contributed by atoms with Crippen LogP contribution < -0.4 is 10.1 Å². The van der Waals surface area contributed by atoms with Crippen LogP contribution in [0.3, 0.4) is 0 Å². The molecule has 0 amide bonds. The summed E-state index contributed by atoms with van der Waals surface area (Å²) in [4.78, 5) is 0. The van der Waals surface area contributed by atoms with Crippen LogP contribution in [0.4, 0.5) is 10.1 Å². The maximum atomic E-state index is 12.9. The first kappa shape index (κ1) is 14.4. The van der Waals surface area contributed by atoms with E-state index >= 15 is 0 Å². The smallest absolute Gasteiger partial charge is 0.123 e. The molecule has 0 bridgehead atoms. The van der Waals surface area contributed by atoms with E-state index in [1.807, 2.05) is 32.0 Å². The van der Waals surface area contributed by atoms with Gasteiger partial charge in [0, 0.05) is 11.7 Å². The van der Waals surface area contributed by atoms with Gasteiger partial charge in [0.2, 0.25) is 0 Å². The van der Waals surface area contributed by atoms with E-state index in [0.29, 0.717) is 6.61 Å². The van der Waals surface area contributed by atoms with Gasteiger partial charge < -0.3 is 10.1 Å². The van der Waals surface area contributed by atoms with Gasteiger partial charge in [0.25, 0.3) is 0 Å². The molecule has 0 aliphatic heterocycles. The molecule has 0 spiro atoms. The van der Waals surface area contributed by atoms with Gasteiger partial charge >= 0.3 is 0 Å². The molecular weight excluding hydrogens is 253 g/mol. The van der Waals surface area contributed by atoms with Gasteiger partial charge in [-0.1, -0.05) is 12.1 Å². The number of halogens is 1. The van der Waals surface area contributed by atoms with Gasteiger partial charge in [-0.25, -0.2) is 4.39 Å². The topological polar surface area (TPSA) is 21.3 Å². The molecule has 0 fully saturated rings. The van der Waals surface area contributed by atoms with E-state index in [9.17, 15) is 4.39 Å². The molecular formula is C17H20FNO. The third-order valence-electron chi connectivity index (χ3n) is 3.25. The number of hydrogen-bond acceptors (Lipinski definition) is 2. The highest BCUT2D eigenvalue weighted by Gasteiger charge is 2.07. The summed E-state index contributed by atoms with van der Waals surface area (Å²) in [6.45, 7) is 6.74. The highest BCUT2D eigenvalue weighted by atomic mass is 19.1. The predicted octanol–water partition coefficient (Wildman–Crippen LogP) is 4.71. The normalized spacial score (nSPS) is 12.0. The molecule has 1 atom stereocenters. The molecule has 0 aliphatic rings. The van der Waals surface area contributed by atoms with E-state index in [0.717, 1.165) is 22.6 Å². The van der Waals surface area contributed by atoms with Gasteiger partial charge in [-0.3, -0.25) is 0 Å². The summed E-state index contributed by atoms with van der Waals surface area (Å²) in [5, 5.41) is 3.44. The van der Waals surface area contributed by atoms with Crippen molar-refractivity contribution in [1.82, 2.24) is 0 Å². The average Bonchev–Trinajstić information content (AvgIpc) is 2.43. The van der Waals surface area contributed by atoms with Crippen LogP contribution >= 0.6 is 0 Å². The zero-order valence-corrected chi connectivity index (χ0v) is 12.1. The van der Waals surface area contributed by atoms with Crippen molar-refractivity contribution < 1.29 is 9.13 Å². The average molecular weight is 273 g/mol. The Hall–Kier alpha value is -2.03. The van der Waals surface area contributed by atoms with Gasteiger partial charge in [0.05, 0.1) is 6.61 Å². The van der Waals surface area contributed by atoms with Crippen molar-refractivity contribution in [2.24, 2.45) is 0 Å². The summed E-state index contributed by atoms with van der Waals surface area (Å²) >= 11 is 0. The summed E-state index contributed by atoms with van der Waals surface area (Å²) in [5.41, 5.74) is 3.25. The lowest BCUT2D eigenvalue weighted by molar-refractivity contribution is 0.340. The summed E-state index contributed by atoms with van der Waals surface area (Å²) in [5.74, 6) is 0.670. The molecule has 0 saturated heterocycles. The van der Waals surface area contributed by atoms with E-state index in [4.69, 9.17) is 4.74 Å². The molecule has 0 saturated carbocycles. The fourth-order valence-corrected chi connectivity index (χ4v) is 2.12. The largest absolute Gasteiger partial charge is 0.494 e. The van der Waals surface area contributed by atoms with Crippen LogP contribution in [-0.4, -0.2) is 6.61 Å². The van der Waals surface area contributed by atoms with Gasteiger partial charge in [-0.2, -0.15) is 0 Å². The van der Waals surface area contributed by atoms with Crippen molar-refractivity contribution in [1.29, 1.82) is 0 Å². The summed E-state index contributed by atoms with van der Waals surface area (Å²) < 4.78 is 18.4. The Morgan fingerprint density at radius 1 is 1.15 bits per heavy atom. The number of hydrogen-bond donors (Lipinski definition) is 1. The van der Waals surface area contributed by atoms with Crippen LogP contribution in [0.1, 0.15) is 31.0 Å². The van der Waals surface area contributed by atoms with Crippen LogP contribution in [0, 0.1) is 12.7 Å². The van der Waals surface area contributed by atoms with E-state index in [1.54, 1.807) is 12.1 Å². The molecule has 0 heterocycles. The Labute approximate surface area is 119 Å². The van der Waals surface area contributed by atoms with Crippen molar-refractivity contribution in [3.63, 3.8) is 0 Å². The number of benzene rings is 2. The first-order valence-electron chi connectivity index (χ1n) is 6.85. The summed E-state index contributed by atoms with van der Waals surface area (Å²) in [6.07, 6.45) is 0. The van der Waals surface area contributed by atoms with Gasteiger partial charge in [-0.15, -0.1) is 0 Å². The zero-order valence-electron chi connectivity index (χ0n) is 12.1. The third kappa shape index (κ3) is 3.50. The van der Waals surface area contributed by atoms with Crippen molar-refractivity contribution in [3.05, 3.63) is 59.4 Å². The second-order valence-corrected chi connectivity index (χ2v) is 4.83. The van der Waals surface area contributed by atoms with Crippen molar-refractivity contribution >= 4 is 5.69 Å². The predicted molar refractivity (Wildman–Crippen MR) is 80.8 cm³/mol. The number of nitrogens with one attached hydrogen (secondary N) is 1. The molecule has 2 aromatic carbocycles. The Bertz CT molecular complexity index is 566. The van der Waals surface area contributed by atoms with E-state index in [-0.39, 0.29) is 11.9 Å². The molecule has 106 valence electrons. The minimum absolute atomic E-state index is 0.118. The lowest BCUT2D eigenvalue weighted by atomic mass is 10.1. The van der Waals surface area contributed by atoms with Gasteiger partial charge in [0.1, 0.15) is 11.6 Å². The molecule has 2 aromatic rings. The summed E-state index contributed by atoms with van der Waals surface area (Å²) in [6, 6.07) is 12.7. The Morgan fingerprint density at radius 3 is 2.45 bits per heavy atom. The molecule has 3 heteroatoms. The van der Waals surface area contributed by atoms with Crippen LogP contribution in [0.5, 0.6) is 5.75 Å². The molecule has 1 N–H and O–H groups in total. The van der Waals surface area contributed by atoms with Crippen LogP contribution in [0.2, 0.25) is 0 Å².